The van der Waals surface area contributed by atoms with Crippen molar-refractivity contribution in [1.82, 2.24) is 16.0 Å². The second-order valence-electron chi connectivity index (χ2n) is 5.21. The summed E-state index contributed by atoms with van der Waals surface area (Å²) in [7, 11) is 3.37. The van der Waals surface area contributed by atoms with Gasteiger partial charge in [-0.05, 0) is 43.4 Å². The Morgan fingerprint density at radius 1 is 1.04 bits per heavy atom. The Hall–Kier alpha value is -2.80. The Kier molecular flexibility index (Phi) is 7.03. The third-order valence-electron chi connectivity index (χ3n) is 3.45. The van der Waals surface area contributed by atoms with Gasteiger partial charge in [0.25, 0.3) is 0 Å². The molecule has 0 bridgehead atoms. The molecule has 3 N–H and O–H groups in total. The molecule has 0 heterocycles. The standard InChI is InChI=1S/C18H22FN3O3/c1-20-10-11-21-18(23)22-12-15-16(19)4-3-5-17(15)25-14-8-6-13(24-2)7-9-14/h3-9,20H,10-12H2,1-2H3,(H2,21,22,23). The Labute approximate surface area is 146 Å². The van der Waals surface area contributed by atoms with Crippen LogP contribution in [0.4, 0.5) is 9.18 Å². The van der Waals surface area contributed by atoms with Crippen LogP contribution in [0.5, 0.6) is 17.2 Å². The fourth-order valence-electron chi connectivity index (χ4n) is 2.11. The Balaban J connectivity index is 2.03. The number of methoxy groups -OCH3 is 1. The van der Waals surface area contributed by atoms with E-state index < -0.39 is 5.82 Å². The summed E-state index contributed by atoms with van der Waals surface area (Å²) in [4.78, 5) is 11.7. The number of hydrogen-bond donors (Lipinski definition) is 3. The van der Waals surface area contributed by atoms with Crippen molar-refractivity contribution >= 4 is 6.03 Å². The van der Waals surface area contributed by atoms with Crippen molar-refractivity contribution in [2.24, 2.45) is 0 Å². The molecule has 2 aromatic rings. The first kappa shape index (κ1) is 18.5. The van der Waals surface area contributed by atoms with Gasteiger partial charge in [-0.3, -0.25) is 0 Å². The molecule has 0 fully saturated rings. The van der Waals surface area contributed by atoms with Crippen molar-refractivity contribution in [3.05, 3.63) is 53.8 Å². The largest absolute Gasteiger partial charge is 0.497 e. The van der Waals surface area contributed by atoms with Crippen molar-refractivity contribution in [1.29, 1.82) is 0 Å². The summed E-state index contributed by atoms with van der Waals surface area (Å²) in [5.74, 6) is 1.15. The molecule has 2 amide bonds. The number of likely N-dealkylation sites (N-methyl/N-ethyl adjacent to an activating group) is 1. The van der Waals surface area contributed by atoms with E-state index in [-0.39, 0.29) is 18.1 Å². The van der Waals surface area contributed by atoms with Gasteiger partial charge in [-0.2, -0.15) is 0 Å². The van der Waals surface area contributed by atoms with E-state index in [1.54, 1.807) is 50.6 Å². The first-order valence-electron chi connectivity index (χ1n) is 7.89. The molecule has 7 heteroatoms. The lowest BCUT2D eigenvalue weighted by Crippen LogP contribution is -2.38. The van der Waals surface area contributed by atoms with Gasteiger partial charge in [0, 0.05) is 18.7 Å². The maximum absolute atomic E-state index is 14.1. The van der Waals surface area contributed by atoms with Gasteiger partial charge in [-0.1, -0.05) is 6.07 Å². The second kappa shape index (κ2) is 9.48. The molecule has 0 aliphatic carbocycles. The number of carbonyl (C=O) groups is 1. The predicted molar refractivity (Wildman–Crippen MR) is 93.6 cm³/mol. The fraction of sp³-hybridized carbons (Fsp3) is 0.278. The van der Waals surface area contributed by atoms with Crippen molar-refractivity contribution in [3.8, 4) is 17.2 Å². The maximum atomic E-state index is 14.1. The van der Waals surface area contributed by atoms with Crippen LogP contribution in [0.15, 0.2) is 42.5 Å². The molecular weight excluding hydrogens is 325 g/mol. The lowest BCUT2D eigenvalue weighted by atomic mass is 10.2. The molecule has 0 aromatic heterocycles. The predicted octanol–water partition coefficient (Wildman–Crippen LogP) is 2.65. The van der Waals surface area contributed by atoms with Gasteiger partial charge in [-0.25, -0.2) is 9.18 Å². The van der Waals surface area contributed by atoms with Gasteiger partial charge in [0.2, 0.25) is 0 Å². The smallest absolute Gasteiger partial charge is 0.315 e. The fourth-order valence-corrected chi connectivity index (χ4v) is 2.11. The first-order valence-corrected chi connectivity index (χ1v) is 7.89. The number of carbonyl (C=O) groups excluding carboxylic acids is 1. The molecule has 6 nitrogen and oxygen atoms in total. The van der Waals surface area contributed by atoms with Crippen molar-refractivity contribution in [2.75, 3.05) is 27.2 Å². The van der Waals surface area contributed by atoms with Gasteiger partial charge in [0.05, 0.1) is 13.7 Å². The van der Waals surface area contributed by atoms with E-state index in [2.05, 4.69) is 16.0 Å². The second-order valence-corrected chi connectivity index (χ2v) is 5.21. The summed E-state index contributed by atoms with van der Waals surface area (Å²) in [5.41, 5.74) is 0.280. The summed E-state index contributed by atoms with van der Waals surface area (Å²) in [6.45, 7) is 1.15. The molecule has 0 atom stereocenters. The molecule has 0 saturated heterocycles. The van der Waals surface area contributed by atoms with E-state index in [9.17, 15) is 9.18 Å². The minimum atomic E-state index is -0.443. The van der Waals surface area contributed by atoms with Crippen molar-refractivity contribution in [2.45, 2.75) is 6.54 Å². The van der Waals surface area contributed by atoms with Crippen LogP contribution in [0.25, 0.3) is 0 Å². The van der Waals surface area contributed by atoms with Gasteiger partial charge in [0.1, 0.15) is 23.1 Å². The molecule has 2 rings (SSSR count). The molecule has 2 aromatic carbocycles. The average Bonchev–Trinajstić information content (AvgIpc) is 2.62. The highest BCUT2D eigenvalue weighted by Gasteiger charge is 2.12. The molecule has 0 saturated carbocycles. The summed E-state index contributed by atoms with van der Waals surface area (Å²) in [6.07, 6.45) is 0. The zero-order chi connectivity index (χ0) is 18.1. The minimum absolute atomic E-state index is 0.0174. The number of benzene rings is 2. The first-order chi connectivity index (χ1) is 12.1. The van der Waals surface area contributed by atoms with Crippen LogP contribution in [-0.2, 0) is 6.54 Å². The van der Waals surface area contributed by atoms with E-state index >= 15 is 0 Å². The summed E-state index contributed by atoms with van der Waals surface area (Å²) in [6, 6.07) is 11.1. The molecule has 0 aliphatic heterocycles. The summed E-state index contributed by atoms with van der Waals surface area (Å²) < 4.78 is 25.0. The number of amides is 2. The Bertz CT molecular complexity index is 692. The number of ether oxygens (including phenoxy) is 2. The summed E-state index contributed by atoms with van der Waals surface area (Å²) >= 11 is 0. The number of halogens is 1. The van der Waals surface area contributed by atoms with E-state index in [0.29, 0.717) is 30.3 Å². The third-order valence-corrected chi connectivity index (χ3v) is 3.45. The molecule has 0 spiro atoms. The van der Waals surface area contributed by atoms with E-state index in [0.717, 1.165) is 0 Å². The average molecular weight is 347 g/mol. The van der Waals surface area contributed by atoms with E-state index in [4.69, 9.17) is 9.47 Å². The number of rotatable bonds is 8. The molecule has 0 aliphatic rings. The van der Waals surface area contributed by atoms with Gasteiger partial charge in [-0.15, -0.1) is 0 Å². The normalized spacial score (nSPS) is 10.2. The highest BCUT2D eigenvalue weighted by atomic mass is 19.1. The lowest BCUT2D eigenvalue weighted by Gasteiger charge is -2.13. The quantitative estimate of drug-likeness (QED) is 0.642. The number of hydrogen-bond acceptors (Lipinski definition) is 4. The topological polar surface area (TPSA) is 71.6 Å². The molecule has 0 unspecified atom stereocenters. The zero-order valence-electron chi connectivity index (χ0n) is 14.3. The van der Waals surface area contributed by atoms with Gasteiger partial charge >= 0.3 is 6.03 Å². The monoisotopic (exact) mass is 347 g/mol. The van der Waals surface area contributed by atoms with Gasteiger partial charge in [0.15, 0.2) is 0 Å². The van der Waals surface area contributed by atoms with Crippen molar-refractivity contribution < 1.29 is 18.7 Å². The van der Waals surface area contributed by atoms with Crippen LogP contribution in [0, 0.1) is 5.82 Å². The highest BCUT2D eigenvalue weighted by Crippen LogP contribution is 2.28. The van der Waals surface area contributed by atoms with E-state index in [1.807, 2.05) is 0 Å². The lowest BCUT2D eigenvalue weighted by molar-refractivity contribution is 0.240. The van der Waals surface area contributed by atoms with Crippen LogP contribution in [0.2, 0.25) is 0 Å². The highest BCUT2D eigenvalue weighted by molar-refractivity contribution is 5.73. The Morgan fingerprint density at radius 2 is 1.76 bits per heavy atom. The molecule has 25 heavy (non-hydrogen) atoms. The molecular formula is C18H22FN3O3. The van der Waals surface area contributed by atoms with Crippen LogP contribution < -0.4 is 25.4 Å². The van der Waals surface area contributed by atoms with Crippen LogP contribution in [-0.4, -0.2) is 33.3 Å². The maximum Gasteiger partial charge on any atom is 0.315 e. The molecule has 134 valence electrons. The van der Waals surface area contributed by atoms with Gasteiger partial charge < -0.3 is 25.4 Å². The number of urea groups is 1. The van der Waals surface area contributed by atoms with Crippen molar-refractivity contribution in [3.63, 3.8) is 0 Å². The van der Waals surface area contributed by atoms with Crippen LogP contribution in [0.1, 0.15) is 5.56 Å². The van der Waals surface area contributed by atoms with Crippen LogP contribution in [0.3, 0.4) is 0 Å². The SMILES string of the molecule is CNCCNC(=O)NCc1c(F)cccc1Oc1ccc(OC)cc1. The Morgan fingerprint density at radius 3 is 2.44 bits per heavy atom. The molecule has 0 radical (unpaired) electrons. The number of nitrogens with one attached hydrogen (secondary N) is 3. The minimum Gasteiger partial charge on any atom is -0.497 e. The van der Waals surface area contributed by atoms with Crippen LogP contribution >= 0.6 is 0 Å². The van der Waals surface area contributed by atoms with E-state index in [1.165, 1.54) is 6.07 Å². The zero-order valence-corrected chi connectivity index (χ0v) is 14.3. The third kappa shape index (κ3) is 5.65. The summed E-state index contributed by atoms with van der Waals surface area (Å²) in [5, 5.41) is 8.21.